The number of carbonyl (C=O) groups is 1. The molecule has 1 saturated carbocycles. The van der Waals surface area contributed by atoms with Crippen LogP contribution in [0.15, 0.2) is 4.79 Å². The van der Waals surface area contributed by atoms with E-state index in [4.69, 9.17) is 4.98 Å². The molecule has 0 aliphatic heterocycles. The van der Waals surface area contributed by atoms with E-state index in [-0.39, 0.29) is 24.2 Å². The largest absolute Gasteiger partial charge is 0.352 e. The number of fused-ring (bicyclic) bond motifs is 5. The number of aryl methyl sites for hydroxylation is 2. The summed E-state index contributed by atoms with van der Waals surface area (Å²) < 4.78 is 2.86. The third-order valence-corrected chi connectivity index (χ3v) is 7.30. The van der Waals surface area contributed by atoms with Crippen LogP contribution in [0.4, 0.5) is 0 Å². The first-order valence-corrected chi connectivity index (χ1v) is 11.0. The summed E-state index contributed by atoms with van der Waals surface area (Å²) in [6, 6.07) is 0.237. The van der Waals surface area contributed by atoms with Gasteiger partial charge in [-0.15, -0.1) is 16.4 Å². The summed E-state index contributed by atoms with van der Waals surface area (Å²) in [5.41, 5.74) is 1.66. The zero-order valence-corrected chi connectivity index (χ0v) is 17.1. The molecule has 1 amide bonds. The van der Waals surface area contributed by atoms with Crippen molar-refractivity contribution in [3.63, 3.8) is 0 Å². The minimum Gasteiger partial charge on any atom is -0.352 e. The quantitative estimate of drug-likeness (QED) is 0.734. The molecule has 0 unspecified atom stereocenters. The average Bonchev–Trinajstić information content (AvgIpc) is 3.33. The summed E-state index contributed by atoms with van der Waals surface area (Å²) in [5, 5.41) is 8.63. The summed E-state index contributed by atoms with van der Waals surface area (Å²) in [6.45, 7) is 4.07. The molecule has 2 aliphatic rings. The lowest BCUT2D eigenvalue weighted by Gasteiger charge is -2.17. The standard InChI is InChI=1S/C20H25N5O2S/c1-11-7-8-14-15(9-11)28-19-17(14)18-23-24(20(27)25(18)12(2)21-19)10-16(26)22-13-5-3-4-6-13/h11,13H,3-10H2,1-2H3,(H,22,26)/t11-/m1/s1. The van der Waals surface area contributed by atoms with Crippen molar-refractivity contribution in [2.75, 3.05) is 0 Å². The molecule has 0 saturated heterocycles. The third-order valence-electron chi connectivity index (χ3n) is 6.16. The van der Waals surface area contributed by atoms with Gasteiger partial charge >= 0.3 is 5.69 Å². The number of hydrogen-bond donors (Lipinski definition) is 1. The average molecular weight is 400 g/mol. The van der Waals surface area contributed by atoms with Crippen LogP contribution < -0.4 is 11.0 Å². The van der Waals surface area contributed by atoms with E-state index in [1.165, 1.54) is 15.1 Å². The van der Waals surface area contributed by atoms with Gasteiger partial charge in [-0.2, -0.15) is 0 Å². The molecular formula is C20H25N5O2S. The molecule has 3 heterocycles. The molecule has 1 fully saturated rings. The van der Waals surface area contributed by atoms with Crippen LogP contribution >= 0.6 is 11.3 Å². The van der Waals surface area contributed by atoms with Gasteiger partial charge in [0.1, 0.15) is 17.2 Å². The first-order valence-electron chi connectivity index (χ1n) is 10.2. The SMILES string of the molecule is Cc1nc2sc3c(c2c2nn(CC(=O)NC4CCCC4)c(=O)n12)CC[C@@H](C)C3. The summed E-state index contributed by atoms with van der Waals surface area (Å²) in [5.74, 6) is 1.17. The predicted octanol–water partition coefficient (Wildman–Crippen LogP) is 2.60. The Kier molecular flexibility index (Phi) is 4.26. The van der Waals surface area contributed by atoms with Gasteiger partial charge in [-0.1, -0.05) is 19.8 Å². The van der Waals surface area contributed by atoms with E-state index in [9.17, 15) is 9.59 Å². The molecule has 7 nitrogen and oxygen atoms in total. The van der Waals surface area contributed by atoms with E-state index in [0.717, 1.165) is 55.2 Å². The van der Waals surface area contributed by atoms with Crippen LogP contribution in [0.1, 0.15) is 55.3 Å². The minimum atomic E-state index is -0.285. The van der Waals surface area contributed by atoms with E-state index in [2.05, 4.69) is 17.3 Å². The van der Waals surface area contributed by atoms with E-state index in [1.807, 2.05) is 6.92 Å². The number of rotatable bonds is 3. The van der Waals surface area contributed by atoms with Gasteiger partial charge in [0.15, 0.2) is 5.65 Å². The number of amides is 1. The highest BCUT2D eigenvalue weighted by atomic mass is 32.1. The Hall–Kier alpha value is -2.22. The van der Waals surface area contributed by atoms with Gasteiger partial charge < -0.3 is 5.32 Å². The zero-order chi connectivity index (χ0) is 19.4. The number of carbonyl (C=O) groups excluding carboxylic acids is 1. The monoisotopic (exact) mass is 399 g/mol. The normalized spacial score (nSPS) is 20.1. The fourth-order valence-electron chi connectivity index (χ4n) is 4.69. The van der Waals surface area contributed by atoms with Crippen molar-refractivity contribution < 1.29 is 4.79 Å². The van der Waals surface area contributed by atoms with Crippen molar-refractivity contribution in [3.05, 3.63) is 26.7 Å². The Morgan fingerprint density at radius 1 is 1.29 bits per heavy atom. The summed E-state index contributed by atoms with van der Waals surface area (Å²) in [6.07, 6.45) is 7.57. The maximum absolute atomic E-state index is 13.0. The van der Waals surface area contributed by atoms with E-state index in [0.29, 0.717) is 17.4 Å². The molecule has 0 spiro atoms. The van der Waals surface area contributed by atoms with Crippen molar-refractivity contribution in [1.29, 1.82) is 0 Å². The minimum absolute atomic E-state index is 0.0404. The van der Waals surface area contributed by atoms with Gasteiger partial charge in [0.05, 0.1) is 5.39 Å². The summed E-state index contributed by atoms with van der Waals surface area (Å²) >= 11 is 1.73. The molecule has 1 N–H and O–H groups in total. The topological polar surface area (TPSA) is 81.3 Å². The van der Waals surface area contributed by atoms with Crippen molar-refractivity contribution >= 4 is 33.1 Å². The van der Waals surface area contributed by atoms with Gasteiger partial charge in [0, 0.05) is 10.9 Å². The molecule has 3 aromatic rings. The third kappa shape index (κ3) is 2.85. The van der Waals surface area contributed by atoms with Crippen LogP contribution in [0.5, 0.6) is 0 Å². The molecule has 0 aromatic carbocycles. The Labute approximate surface area is 166 Å². The van der Waals surface area contributed by atoms with Crippen molar-refractivity contribution in [2.45, 2.75) is 71.4 Å². The molecule has 148 valence electrons. The van der Waals surface area contributed by atoms with Crippen LogP contribution in [0.3, 0.4) is 0 Å². The van der Waals surface area contributed by atoms with Crippen LogP contribution in [0.25, 0.3) is 15.9 Å². The molecule has 1 atom stereocenters. The molecule has 2 aliphatic carbocycles. The van der Waals surface area contributed by atoms with E-state index in [1.54, 1.807) is 15.7 Å². The smallest absolute Gasteiger partial charge is 0.352 e. The highest BCUT2D eigenvalue weighted by Crippen LogP contribution is 2.38. The molecular weight excluding hydrogens is 374 g/mol. The Bertz CT molecular complexity index is 1140. The van der Waals surface area contributed by atoms with E-state index >= 15 is 0 Å². The van der Waals surface area contributed by atoms with Crippen LogP contribution in [-0.4, -0.2) is 31.1 Å². The molecule has 28 heavy (non-hydrogen) atoms. The Morgan fingerprint density at radius 3 is 2.86 bits per heavy atom. The Balaban J connectivity index is 1.57. The number of thiophene rings is 1. The van der Waals surface area contributed by atoms with Gasteiger partial charge in [-0.3, -0.25) is 4.79 Å². The first-order chi connectivity index (χ1) is 13.5. The van der Waals surface area contributed by atoms with Crippen LogP contribution in [0, 0.1) is 12.8 Å². The number of hydrogen-bond acceptors (Lipinski definition) is 5. The van der Waals surface area contributed by atoms with Crippen molar-refractivity contribution in [2.24, 2.45) is 5.92 Å². The van der Waals surface area contributed by atoms with Crippen LogP contribution in [0.2, 0.25) is 0 Å². The lowest BCUT2D eigenvalue weighted by molar-refractivity contribution is -0.122. The fraction of sp³-hybridized carbons (Fsp3) is 0.600. The molecule has 0 radical (unpaired) electrons. The van der Waals surface area contributed by atoms with E-state index < -0.39 is 0 Å². The highest BCUT2D eigenvalue weighted by Gasteiger charge is 2.26. The summed E-state index contributed by atoms with van der Waals surface area (Å²) in [4.78, 5) is 32.4. The first kappa shape index (κ1) is 17.8. The number of aromatic nitrogens is 4. The maximum atomic E-state index is 13.0. The molecule has 3 aromatic heterocycles. The van der Waals surface area contributed by atoms with Gasteiger partial charge in [0.2, 0.25) is 5.91 Å². The Morgan fingerprint density at radius 2 is 2.07 bits per heavy atom. The fourth-order valence-corrected chi connectivity index (χ4v) is 6.11. The van der Waals surface area contributed by atoms with Gasteiger partial charge in [-0.05, 0) is 50.5 Å². The summed E-state index contributed by atoms with van der Waals surface area (Å²) in [7, 11) is 0. The zero-order valence-electron chi connectivity index (χ0n) is 16.3. The van der Waals surface area contributed by atoms with Gasteiger partial charge in [0.25, 0.3) is 0 Å². The van der Waals surface area contributed by atoms with Crippen molar-refractivity contribution in [3.8, 4) is 0 Å². The predicted molar refractivity (Wildman–Crippen MR) is 109 cm³/mol. The lowest BCUT2D eigenvalue weighted by atomic mass is 9.89. The number of nitrogens with one attached hydrogen (secondary N) is 1. The lowest BCUT2D eigenvalue weighted by Crippen LogP contribution is -2.37. The second-order valence-electron chi connectivity index (χ2n) is 8.34. The maximum Gasteiger partial charge on any atom is 0.352 e. The van der Waals surface area contributed by atoms with Crippen molar-refractivity contribution in [1.82, 2.24) is 24.5 Å². The van der Waals surface area contributed by atoms with Gasteiger partial charge in [-0.25, -0.2) is 18.9 Å². The number of nitrogens with zero attached hydrogens (tertiary/aromatic N) is 4. The second kappa shape index (κ2) is 6.69. The molecule has 0 bridgehead atoms. The van der Waals surface area contributed by atoms with Crippen LogP contribution in [-0.2, 0) is 24.2 Å². The molecule has 5 rings (SSSR count). The molecule has 8 heteroatoms. The highest BCUT2D eigenvalue weighted by molar-refractivity contribution is 7.19. The second-order valence-corrected chi connectivity index (χ2v) is 9.42.